The predicted octanol–water partition coefficient (Wildman–Crippen LogP) is 1.63. The number of aromatic amines is 1. The number of urea groups is 1. The van der Waals surface area contributed by atoms with Gasteiger partial charge >= 0.3 is 12.0 Å². The van der Waals surface area contributed by atoms with Crippen LogP contribution in [0, 0.1) is 5.41 Å². The zero-order chi connectivity index (χ0) is 15.1. The van der Waals surface area contributed by atoms with Gasteiger partial charge in [0.2, 0.25) is 0 Å². The summed E-state index contributed by atoms with van der Waals surface area (Å²) in [4.78, 5) is 29.6. The number of nitrogens with one attached hydrogen (secondary N) is 3. The first-order valence-electron chi connectivity index (χ1n) is 7.30. The topological polar surface area (TPSA) is 107 Å². The van der Waals surface area contributed by atoms with Gasteiger partial charge in [-0.25, -0.2) is 9.78 Å². The van der Waals surface area contributed by atoms with E-state index in [-0.39, 0.29) is 17.9 Å². The van der Waals surface area contributed by atoms with E-state index in [9.17, 15) is 9.59 Å². The van der Waals surface area contributed by atoms with Crippen LogP contribution >= 0.6 is 0 Å². The average Bonchev–Trinajstić information content (AvgIpc) is 2.96. The number of nitrogens with zero attached hydrogens (tertiary/aromatic N) is 1. The van der Waals surface area contributed by atoms with Gasteiger partial charge in [0.25, 0.3) is 0 Å². The lowest BCUT2D eigenvalue weighted by atomic mass is 9.72. The van der Waals surface area contributed by atoms with Crippen LogP contribution in [0.2, 0.25) is 0 Å². The molecule has 21 heavy (non-hydrogen) atoms. The van der Waals surface area contributed by atoms with Crippen molar-refractivity contribution in [1.29, 1.82) is 0 Å². The SMILES string of the molecule is O=C(O)CC1(CNC(=O)NCc2cnc[nH]2)CCCCC1. The van der Waals surface area contributed by atoms with Crippen molar-refractivity contribution in [2.24, 2.45) is 5.41 Å². The van der Waals surface area contributed by atoms with Crippen LogP contribution < -0.4 is 10.6 Å². The minimum atomic E-state index is -0.795. The lowest BCUT2D eigenvalue weighted by Gasteiger charge is -2.36. The molecule has 2 rings (SSSR count). The van der Waals surface area contributed by atoms with E-state index in [1.54, 1.807) is 12.5 Å². The predicted molar refractivity (Wildman–Crippen MR) is 76.6 cm³/mol. The summed E-state index contributed by atoms with van der Waals surface area (Å²) in [5, 5.41) is 14.6. The fraction of sp³-hybridized carbons (Fsp3) is 0.643. The number of carboxylic acid groups (broad SMARTS) is 1. The molecule has 1 saturated carbocycles. The normalized spacial score (nSPS) is 17.1. The number of carbonyl (C=O) groups excluding carboxylic acids is 1. The second-order valence-electron chi connectivity index (χ2n) is 5.74. The summed E-state index contributed by atoms with van der Waals surface area (Å²) in [6.45, 7) is 0.784. The Hall–Kier alpha value is -2.05. The van der Waals surface area contributed by atoms with Crippen LogP contribution in [0.3, 0.4) is 0 Å². The van der Waals surface area contributed by atoms with E-state index in [2.05, 4.69) is 20.6 Å². The van der Waals surface area contributed by atoms with Crippen molar-refractivity contribution in [3.8, 4) is 0 Å². The summed E-state index contributed by atoms with van der Waals surface area (Å²) in [6.07, 6.45) is 8.25. The quantitative estimate of drug-likeness (QED) is 0.639. The molecule has 116 valence electrons. The van der Waals surface area contributed by atoms with Gasteiger partial charge in [-0.3, -0.25) is 4.79 Å². The molecule has 7 heteroatoms. The Labute approximate surface area is 123 Å². The van der Waals surface area contributed by atoms with Gasteiger partial charge in [-0.15, -0.1) is 0 Å². The number of hydrogen-bond acceptors (Lipinski definition) is 3. The van der Waals surface area contributed by atoms with Crippen molar-refractivity contribution >= 4 is 12.0 Å². The molecule has 4 N–H and O–H groups in total. The molecule has 0 bridgehead atoms. The Bertz CT molecular complexity index is 467. The molecular formula is C14H22N4O3. The van der Waals surface area contributed by atoms with Gasteiger partial charge in [0.05, 0.1) is 25.0 Å². The molecule has 1 aliphatic carbocycles. The number of H-pyrrole nitrogens is 1. The summed E-state index contributed by atoms with van der Waals surface area (Å²) in [6, 6.07) is -0.278. The van der Waals surface area contributed by atoms with E-state index in [0.29, 0.717) is 13.1 Å². The number of carboxylic acids is 1. The summed E-state index contributed by atoms with van der Waals surface area (Å²) in [5.74, 6) is -0.795. The van der Waals surface area contributed by atoms with Crippen molar-refractivity contribution in [2.75, 3.05) is 6.54 Å². The van der Waals surface area contributed by atoms with Crippen LogP contribution in [0.25, 0.3) is 0 Å². The molecule has 0 atom stereocenters. The summed E-state index contributed by atoms with van der Waals surface area (Å²) in [7, 11) is 0. The molecule has 7 nitrogen and oxygen atoms in total. The maximum atomic E-state index is 11.8. The van der Waals surface area contributed by atoms with Crippen molar-refractivity contribution in [3.63, 3.8) is 0 Å². The van der Waals surface area contributed by atoms with E-state index < -0.39 is 5.97 Å². The number of aliphatic carboxylic acids is 1. The fourth-order valence-electron chi connectivity index (χ4n) is 2.93. The third kappa shape index (κ3) is 4.77. The number of imidazole rings is 1. The highest BCUT2D eigenvalue weighted by molar-refractivity contribution is 5.74. The van der Waals surface area contributed by atoms with Crippen LogP contribution in [0.1, 0.15) is 44.2 Å². The molecule has 0 aliphatic heterocycles. The monoisotopic (exact) mass is 294 g/mol. The maximum absolute atomic E-state index is 11.8. The third-order valence-electron chi connectivity index (χ3n) is 4.06. The maximum Gasteiger partial charge on any atom is 0.315 e. The second-order valence-corrected chi connectivity index (χ2v) is 5.74. The molecule has 0 radical (unpaired) electrons. The average molecular weight is 294 g/mol. The molecule has 0 aromatic carbocycles. The Morgan fingerprint density at radius 3 is 2.67 bits per heavy atom. The molecule has 1 heterocycles. The van der Waals surface area contributed by atoms with Gasteiger partial charge < -0.3 is 20.7 Å². The smallest absolute Gasteiger partial charge is 0.315 e. The summed E-state index contributed by atoms with van der Waals surface area (Å²) < 4.78 is 0. The Morgan fingerprint density at radius 1 is 1.29 bits per heavy atom. The molecule has 0 saturated heterocycles. The van der Waals surface area contributed by atoms with Gasteiger partial charge in [0.15, 0.2) is 0 Å². The van der Waals surface area contributed by atoms with E-state index in [0.717, 1.165) is 37.8 Å². The molecule has 1 aromatic rings. The van der Waals surface area contributed by atoms with E-state index in [1.807, 2.05) is 0 Å². The zero-order valence-electron chi connectivity index (χ0n) is 12.0. The highest BCUT2D eigenvalue weighted by Gasteiger charge is 2.34. The van der Waals surface area contributed by atoms with Crippen molar-refractivity contribution in [2.45, 2.75) is 45.1 Å². The first-order chi connectivity index (χ1) is 10.1. The number of amides is 2. The second kappa shape index (κ2) is 7.10. The Kier molecular flexibility index (Phi) is 5.19. The van der Waals surface area contributed by atoms with Gasteiger partial charge in [-0.1, -0.05) is 19.3 Å². The van der Waals surface area contributed by atoms with Gasteiger partial charge in [-0.2, -0.15) is 0 Å². The first kappa shape index (κ1) is 15.3. The van der Waals surface area contributed by atoms with Crippen LogP contribution in [0.15, 0.2) is 12.5 Å². The molecule has 1 fully saturated rings. The van der Waals surface area contributed by atoms with E-state index in [4.69, 9.17) is 5.11 Å². The molecule has 1 aliphatic rings. The number of carbonyl (C=O) groups is 2. The van der Waals surface area contributed by atoms with Crippen LogP contribution in [0.4, 0.5) is 4.79 Å². The van der Waals surface area contributed by atoms with Crippen molar-refractivity contribution < 1.29 is 14.7 Å². The highest BCUT2D eigenvalue weighted by atomic mass is 16.4. The zero-order valence-corrected chi connectivity index (χ0v) is 12.0. The van der Waals surface area contributed by atoms with Crippen molar-refractivity contribution in [3.05, 3.63) is 18.2 Å². The Balaban J connectivity index is 1.80. The summed E-state index contributed by atoms with van der Waals surface area (Å²) >= 11 is 0. The minimum absolute atomic E-state index is 0.119. The van der Waals surface area contributed by atoms with Gasteiger partial charge in [-0.05, 0) is 18.3 Å². The van der Waals surface area contributed by atoms with Gasteiger partial charge in [0, 0.05) is 12.7 Å². The van der Waals surface area contributed by atoms with Crippen LogP contribution in [-0.2, 0) is 11.3 Å². The van der Waals surface area contributed by atoms with E-state index >= 15 is 0 Å². The largest absolute Gasteiger partial charge is 0.481 e. The lowest BCUT2D eigenvalue weighted by molar-refractivity contribution is -0.140. The fourth-order valence-corrected chi connectivity index (χ4v) is 2.93. The molecular weight excluding hydrogens is 272 g/mol. The molecule has 1 aromatic heterocycles. The lowest BCUT2D eigenvalue weighted by Crippen LogP contribution is -2.44. The molecule has 0 spiro atoms. The van der Waals surface area contributed by atoms with Crippen LogP contribution in [0.5, 0.6) is 0 Å². The molecule has 2 amide bonds. The van der Waals surface area contributed by atoms with Crippen molar-refractivity contribution in [1.82, 2.24) is 20.6 Å². The third-order valence-corrected chi connectivity index (χ3v) is 4.06. The van der Waals surface area contributed by atoms with E-state index in [1.165, 1.54) is 0 Å². The summed E-state index contributed by atoms with van der Waals surface area (Å²) in [5.41, 5.74) is 0.526. The number of rotatable bonds is 6. The van der Waals surface area contributed by atoms with Crippen LogP contribution in [-0.4, -0.2) is 33.6 Å². The Morgan fingerprint density at radius 2 is 2.05 bits per heavy atom. The standard InChI is InChI=1S/C14H22N4O3/c19-12(20)6-14(4-2-1-3-5-14)9-17-13(21)16-8-11-7-15-10-18-11/h7,10H,1-6,8-9H2,(H,15,18)(H,19,20)(H2,16,17,21). The number of hydrogen-bond donors (Lipinski definition) is 4. The first-order valence-corrected chi connectivity index (χ1v) is 7.30. The molecule has 0 unspecified atom stereocenters. The minimum Gasteiger partial charge on any atom is -0.481 e. The number of aromatic nitrogens is 2. The van der Waals surface area contributed by atoms with Gasteiger partial charge in [0.1, 0.15) is 0 Å². The highest BCUT2D eigenvalue weighted by Crippen LogP contribution is 2.38.